The molecule has 2 N–H and O–H groups in total. The predicted molar refractivity (Wildman–Crippen MR) is 86.3 cm³/mol. The van der Waals surface area contributed by atoms with Gasteiger partial charge in [0.2, 0.25) is 0 Å². The molecule has 2 rings (SSSR count). The van der Waals surface area contributed by atoms with Crippen molar-refractivity contribution in [3.8, 4) is 5.75 Å². The Bertz CT molecular complexity index is 809. The highest BCUT2D eigenvalue weighted by atomic mass is 35.5. The number of nitro benzene ring substituents is 1. The number of non-ortho nitro benzene ring substituents is 1. The molecule has 2 aromatic carbocycles. The fourth-order valence-electron chi connectivity index (χ4n) is 1.66. The average molecular weight is 354 g/mol. The third-order valence-electron chi connectivity index (χ3n) is 2.79. The molecule has 0 bridgehead atoms. The van der Waals surface area contributed by atoms with E-state index in [2.05, 4.69) is 10.5 Å². The summed E-state index contributed by atoms with van der Waals surface area (Å²) in [7, 11) is 0. The predicted octanol–water partition coefficient (Wildman–Crippen LogP) is 3.37. The lowest BCUT2D eigenvalue weighted by molar-refractivity contribution is -0.384. The van der Waals surface area contributed by atoms with E-state index in [1.807, 2.05) is 0 Å². The lowest BCUT2D eigenvalue weighted by Gasteiger charge is -2.04. The molecule has 9 heteroatoms. The third-order valence-corrected chi connectivity index (χ3v) is 3.43. The molecule has 23 heavy (non-hydrogen) atoms. The van der Waals surface area contributed by atoms with Crippen LogP contribution in [0.1, 0.15) is 15.9 Å². The molecule has 0 aromatic heterocycles. The van der Waals surface area contributed by atoms with Gasteiger partial charge >= 0.3 is 0 Å². The van der Waals surface area contributed by atoms with Crippen LogP contribution in [0, 0.1) is 10.1 Å². The largest absolute Gasteiger partial charge is 0.506 e. The number of hydrogen-bond donors (Lipinski definition) is 2. The number of nitrogens with zero attached hydrogens (tertiary/aromatic N) is 2. The molecule has 0 unspecified atom stereocenters. The SMILES string of the molecule is O=C(N/N=C/c1c(Cl)ccc(Cl)c1O)c1cccc([N+](=O)[O-])c1. The van der Waals surface area contributed by atoms with E-state index >= 15 is 0 Å². The van der Waals surface area contributed by atoms with Gasteiger partial charge in [-0.25, -0.2) is 5.43 Å². The highest BCUT2D eigenvalue weighted by Gasteiger charge is 2.11. The van der Waals surface area contributed by atoms with E-state index in [0.717, 1.165) is 12.3 Å². The second kappa shape index (κ2) is 7.08. The van der Waals surface area contributed by atoms with E-state index in [4.69, 9.17) is 23.2 Å². The molecule has 0 aliphatic carbocycles. The van der Waals surface area contributed by atoms with Crippen molar-refractivity contribution < 1.29 is 14.8 Å². The summed E-state index contributed by atoms with van der Waals surface area (Å²) in [6, 6.07) is 8.06. The first kappa shape index (κ1) is 16.7. The zero-order valence-electron chi connectivity index (χ0n) is 11.4. The molecular weight excluding hydrogens is 345 g/mol. The van der Waals surface area contributed by atoms with Crippen molar-refractivity contribution in [1.29, 1.82) is 0 Å². The molecule has 0 spiro atoms. The summed E-state index contributed by atoms with van der Waals surface area (Å²) in [4.78, 5) is 21.9. The summed E-state index contributed by atoms with van der Waals surface area (Å²) in [5.41, 5.74) is 2.18. The number of phenols is 1. The first-order valence-electron chi connectivity index (χ1n) is 6.15. The van der Waals surface area contributed by atoms with Crippen LogP contribution in [0.2, 0.25) is 10.0 Å². The molecule has 0 aliphatic heterocycles. The number of carbonyl (C=O) groups excluding carboxylic acids is 1. The molecule has 0 saturated carbocycles. The van der Waals surface area contributed by atoms with Crippen LogP contribution in [-0.4, -0.2) is 22.2 Å². The minimum Gasteiger partial charge on any atom is -0.506 e. The topological polar surface area (TPSA) is 105 Å². The number of halogens is 2. The van der Waals surface area contributed by atoms with Crippen LogP contribution in [0.15, 0.2) is 41.5 Å². The van der Waals surface area contributed by atoms with Crippen molar-refractivity contribution in [3.05, 3.63) is 67.7 Å². The molecule has 0 fully saturated rings. The van der Waals surface area contributed by atoms with Crippen molar-refractivity contribution in [1.82, 2.24) is 5.43 Å². The number of hydrogen-bond acceptors (Lipinski definition) is 5. The Hall–Kier alpha value is -2.64. The third kappa shape index (κ3) is 3.97. The van der Waals surface area contributed by atoms with E-state index in [0.29, 0.717) is 0 Å². The van der Waals surface area contributed by atoms with Gasteiger partial charge in [0.15, 0.2) is 0 Å². The maximum absolute atomic E-state index is 11.9. The highest BCUT2D eigenvalue weighted by Crippen LogP contribution is 2.31. The van der Waals surface area contributed by atoms with Gasteiger partial charge in [-0.3, -0.25) is 14.9 Å². The fourth-order valence-corrected chi connectivity index (χ4v) is 2.03. The summed E-state index contributed by atoms with van der Waals surface area (Å²) in [5.74, 6) is -0.921. The molecule has 0 radical (unpaired) electrons. The van der Waals surface area contributed by atoms with E-state index < -0.39 is 10.8 Å². The van der Waals surface area contributed by atoms with E-state index in [1.165, 1.54) is 30.3 Å². The quantitative estimate of drug-likeness (QED) is 0.499. The number of amides is 1. The molecule has 0 heterocycles. The van der Waals surface area contributed by atoms with Gasteiger partial charge in [0.05, 0.1) is 26.7 Å². The minimum absolute atomic E-state index is 0.0674. The zero-order chi connectivity index (χ0) is 17.0. The summed E-state index contributed by atoms with van der Waals surface area (Å²) < 4.78 is 0. The number of carbonyl (C=O) groups is 1. The summed E-state index contributed by atoms with van der Waals surface area (Å²) in [6.07, 6.45) is 1.12. The van der Waals surface area contributed by atoms with Crippen LogP contribution < -0.4 is 5.43 Å². The van der Waals surface area contributed by atoms with Crippen molar-refractivity contribution in [2.24, 2.45) is 5.10 Å². The number of nitro groups is 1. The van der Waals surface area contributed by atoms with Gasteiger partial charge in [-0.2, -0.15) is 5.10 Å². The van der Waals surface area contributed by atoms with E-state index in [1.54, 1.807) is 0 Å². The van der Waals surface area contributed by atoms with Crippen molar-refractivity contribution in [2.45, 2.75) is 0 Å². The van der Waals surface area contributed by atoms with Gasteiger partial charge in [-0.05, 0) is 18.2 Å². The number of benzene rings is 2. The molecule has 0 atom stereocenters. The summed E-state index contributed by atoms with van der Waals surface area (Å²) in [5, 5.41) is 24.4. The fraction of sp³-hybridized carbons (Fsp3) is 0. The Kier molecular flexibility index (Phi) is 5.15. The van der Waals surface area contributed by atoms with Crippen LogP contribution in [0.3, 0.4) is 0 Å². The Morgan fingerprint density at radius 2 is 1.96 bits per heavy atom. The monoisotopic (exact) mass is 353 g/mol. The number of nitrogens with one attached hydrogen (secondary N) is 1. The molecule has 7 nitrogen and oxygen atoms in total. The lowest BCUT2D eigenvalue weighted by atomic mass is 10.2. The lowest BCUT2D eigenvalue weighted by Crippen LogP contribution is -2.17. The zero-order valence-corrected chi connectivity index (χ0v) is 12.9. The number of rotatable bonds is 4. The van der Waals surface area contributed by atoms with Crippen molar-refractivity contribution in [3.63, 3.8) is 0 Å². The maximum Gasteiger partial charge on any atom is 0.271 e. The Balaban J connectivity index is 2.15. The summed E-state index contributed by atoms with van der Waals surface area (Å²) in [6.45, 7) is 0. The Labute approximate surface area is 140 Å². The van der Waals surface area contributed by atoms with Crippen LogP contribution in [0.25, 0.3) is 0 Å². The first-order chi connectivity index (χ1) is 10.9. The van der Waals surface area contributed by atoms with Gasteiger partial charge in [-0.15, -0.1) is 0 Å². The number of hydrazone groups is 1. The van der Waals surface area contributed by atoms with Gasteiger partial charge < -0.3 is 5.11 Å². The smallest absolute Gasteiger partial charge is 0.271 e. The Morgan fingerprint density at radius 1 is 1.26 bits per heavy atom. The van der Waals surface area contributed by atoms with Crippen LogP contribution >= 0.6 is 23.2 Å². The average Bonchev–Trinajstić information content (AvgIpc) is 2.54. The van der Waals surface area contributed by atoms with Crippen LogP contribution in [0.5, 0.6) is 5.75 Å². The van der Waals surface area contributed by atoms with E-state index in [-0.39, 0.29) is 32.6 Å². The standard InChI is InChI=1S/C14H9Cl2N3O4/c15-11-4-5-12(16)13(20)10(11)7-17-18-14(21)8-2-1-3-9(6-8)19(22)23/h1-7,20H,(H,18,21)/b17-7+. The number of phenolic OH excluding ortho intramolecular Hbond substituents is 1. The summed E-state index contributed by atoms with van der Waals surface area (Å²) >= 11 is 11.6. The molecule has 1 amide bonds. The van der Waals surface area contributed by atoms with Gasteiger partial charge in [0, 0.05) is 17.7 Å². The number of aromatic hydroxyl groups is 1. The highest BCUT2D eigenvalue weighted by molar-refractivity contribution is 6.36. The second-order valence-electron chi connectivity index (χ2n) is 4.30. The Morgan fingerprint density at radius 3 is 2.65 bits per heavy atom. The first-order valence-corrected chi connectivity index (χ1v) is 6.90. The normalized spacial score (nSPS) is 10.7. The van der Waals surface area contributed by atoms with Gasteiger partial charge in [-0.1, -0.05) is 29.3 Å². The van der Waals surface area contributed by atoms with Gasteiger partial charge in [0.1, 0.15) is 5.75 Å². The van der Waals surface area contributed by atoms with Crippen molar-refractivity contribution >= 4 is 41.0 Å². The van der Waals surface area contributed by atoms with Crippen LogP contribution in [-0.2, 0) is 0 Å². The second-order valence-corrected chi connectivity index (χ2v) is 5.11. The molecule has 0 aliphatic rings. The van der Waals surface area contributed by atoms with Crippen LogP contribution in [0.4, 0.5) is 5.69 Å². The molecular formula is C14H9Cl2N3O4. The molecule has 0 saturated heterocycles. The molecule has 118 valence electrons. The maximum atomic E-state index is 11.9. The van der Waals surface area contributed by atoms with Gasteiger partial charge in [0.25, 0.3) is 11.6 Å². The van der Waals surface area contributed by atoms with Crippen molar-refractivity contribution in [2.75, 3.05) is 0 Å². The van der Waals surface area contributed by atoms with E-state index in [9.17, 15) is 20.0 Å². The molecule has 2 aromatic rings. The minimum atomic E-state index is -0.650.